The molecule has 1 fully saturated rings. The second-order valence-electron chi connectivity index (χ2n) is 5.40. The van der Waals surface area contributed by atoms with Gasteiger partial charge < -0.3 is 9.84 Å². The van der Waals surface area contributed by atoms with Gasteiger partial charge in [-0.05, 0) is 55.9 Å². The van der Waals surface area contributed by atoms with Crippen LogP contribution < -0.4 is 5.32 Å². The lowest BCUT2D eigenvalue weighted by atomic mass is 9.85. The highest BCUT2D eigenvalue weighted by atomic mass is 16.6. The largest absolute Gasteiger partial charge is 0.478 e. The fraction of sp³-hybridized carbons (Fsp3) is 0.500. The zero-order chi connectivity index (χ0) is 15.2. The van der Waals surface area contributed by atoms with Crippen molar-refractivity contribution in [2.45, 2.75) is 45.1 Å². The molecule has 1 aliphatic carbocycles. The van der Waals surface area contributed by atoms with Gasteiger partial charge >= 0.3 is 12.1 Å². The van der Waals surface area contributed by atoms with Crippen LogP contribution in [-0.2, 0) is 4.74 Å². The first-order valence-electron chi connectivity index (χ1n) is 7.41. The molecular weight excluding hydrogens is 270 g/mol. The number of hydrogen-bond acceptors (Lipinski definition) is 3. The number of rotatable bonds is 4. The summed E-state index contributed by atoms with van der Waals surface area (Å²) < 4.78 is 5.51. The summed E-state index contributed by atoms with van der Waals surface area (Å²) in [4.78, 5) is 22.7. The van der Waals surface area contributed by atoms with E-state index in [1.807, 2.05) is 0 Å². The zero-order valence-electron chi connectivity index (χ0n) is 12.2. The molecule has 2 atom stereocenters. The van der Waals surface area contributed by atoms with E-state index in [4.69, 9.17) is 9.84 Å². The van der Waals surface area contributed by atoms with Gasteiger partial charge in [0.1, 0.15) is 6.10 Å². The Morgan fingerprint density at radius 2 is 1.90 bits per heavy atom. The number of carboxylic acids is 1. The van der Waals surface area contributed by atoms with Gasteiger partial charge in [0.25, 0.3) is 0 Å². The molecule has 21 heavy (non-hydrogen) atoms. The van der Waals surface area contributed by atoms with Crippen molar-refractivity contribution in [3.05, 3.63) is 29.8 Å². The number of benzene rings is 1. The van der Waals surface area contributed by atoms with Gasteiger partial charge in [0.05, 0.1) is 5.56 Å². The predicted octanol–water partition coefficient (Wildman–Crippen LogP) is 3.90. The summed E-state index contributed by atoms with van der Waals surface area (Å²) in [7, 11) is 0. The van der Waals surface area contributed by atoms with Crippen molar-refractivity contribution < 1.29 is 19.4 Å². The summed E-state index contributed by atoms with van der Waals surface area (Å²) in [6.45, 7) is 2.12. The molecule has 114 valence electrons. The maximum absolute atomic E-state index is 11.9. The van der Waals surface area contributed by atoms with Crippen LogP contribution in [0.2, 0.25) is 0 Å². The molecule has 0 bridgehead atoms. The predicted molar refractivity (Wildman–Crippen MR) is 79.5 cm³/mol. The van der Waals surface area contributed by atoms with Crippen LogP contribution in [0, 0.1) is 5.92 Å². The molecule has 0 saturated heterocycles. The Labute approximate surface area is 124 Å². The van der Waals surface area contributed by atoms with E-state index in [0.29, 0.717) is 11.6 Å². The van der Waals surface area contributed by atoms with Crippen molar-refractivity contribution in [2.24, 2.45) is 5.92 Å². The lowest BCUT2D eigenvalue weighted by Crippen LogP contribution is -2.31. The summed E-state index contributed by atoms with van der Waals surface area (Å²) in [5.41, 5.74) is 0.723. The average molecular weight is 291 g/mol. The molecule has 0 aliphatic heterocycles. The van der Waals surface area contributed by atoms with E-state index >= 15 is 0 Å². The molecule has 1 saturated carbocycles. The van der Waals surface area contributed by atoms with Crippen molar-refractivity contribution in [1.29, 1.82) is 0 Å². The first-order chi connectivity index (χ1) is 10.1. The normalized spacial score (nSPS) is 21.6. The van der Waals surface area contributed by atoms with E-state index < -0.39 is 12.1 Å². The number of amides is 1. The molecule has 2 rings (SSSR count). The molecule has 1 amide bonds. The molecule has 5 nitrogen and oxygen atoms in total. The van der Waals surface area contributed by atoms with Crippen molar-refractivity contribution >= 4 is 17.7 Å². The molecule has 2 unspecified atom stereocenters. The van der Waals surface area contributed by atoms with Crippen LogP contribution in [-0.4, -0.2) is 23.3 Å². The fourth-order valence-electron chi connectivity index (χ4n) is 2.78. The standard InChI is InChI=1S/C16H21NO4/c1-2-11-5-3-4-6-14(11)21-16(20)17-13-9-7-12(8-10-13)15(18)19/h7-11,14H,2-6H2,1H3,(H,17,20)(H,18,19). The van der Waals surface area contributed by atoms with Crippen LogP contribution in [0.3, 0.4) is 0 Å². The summed E-state index contributed by atoms with van der Waals surface area (Å²) in [5.74, 6) is -0.545. The van der Waals surface area contributed by atoms with Gasteiger partial charge in [-0.3, -0.25) is 5.32 Å². The Kier molecular flexibility index (Phi) is 5.20. The van der Waals surface area contributed by atoms with E-state index in [0.717, 1.165) is 25.7 Å². The van der Waals surface area contributed by atoms with E-state index in [2.05, 4.69) is 12.2 Å². The third kappa shape index (κ3) is 4.21. The topological polar surface area (TPSA) is 75.6 Å². The highest BCUT2D eigenvalue weighted by molar-refractivity contribution is 5.89. The number of hydrogen-bond donors (Lipinski definition) is 2. The molecule has 0 aromatic heterocycles. The van der Waals surface area contributed by atoms with Crippen LogP contribution in [0.5, 0.6) is 0 Å². The Morgan fingerprint density at radius 3 is 2.52 bits per heavy atom. The van der Waals surface area contributed by atoms with Gasteiger partial charge in [-0.25, -0.2) is 9.59 Å². The number of carbonyl (C=O) groups is 2. The lowest BCUT2D eigenvalue weighted by molar-refractivity contribution is 0.0443. The van der Waals surface area contributed by atoms with Gasteiger partial charge in [-0.15, -0.1) is 0 Å². The summed E-state index contributed by atoms with van der Waals surface area (Å²) in [6.07, 6.45) is 4.88. The van der Waals surface area contributed by atoms with Crippen LogP contribution >= 0.6 is 0 Å². The van der Waals surface area contributed by atoms with E-state index in [1.165, 1.54) is 18.6 Å². The Morgan fingerprint density at radius 1 is 1.24 bits per heavy atom. The number of anilines is 1. The number of carbonyl (C=O) groups excluding carboxylic acids is 1. The highest BCUT2D eigenvalue weighted by Crippen LogP contribution is 2.29. The molecule has 1 aromatic rings. The Bertz CT molecular complexity index is 498. The van der Waals surface area contributed by atoms with E-state index in [9.17, 15) is 9.59 Å². The molecular formula is C16H21NO4. The molecule has 0 spiro atoms. The number of aromatic carboxylic acids is 1. The minimum absolute atomic E-state index is 0.0120. The second kappa shape index (κ2) is 7.11. The summed E-state index contributed by atoms with van der Waals surface area (Å²) >= 11 is 0. The molecule has 0 radical (unpaired) electrons. The summed E-state index contributed by atoms with van der Waals surface area (Å²) in [5, 5.41) is 11.5. The van der Waals surface area contributed by atoms with Gasteiger partial charge in [0.2, 0.25) is 0 Å². The maximum atomic E-state index is 11.9. The zero-order valence-corrected chi connectivity index (χ0v) is 12.2. The van der Waals surface area contributed by atoms with Gasteiger partial charge in [0, 0.05) is 5.69 Å². The second-order valence-corrected chi connectivity index (χ2v) is 5.40. The average Bonchev–Trinajstić information content (AvgIpc) is 2.48. The summed E-state index contributed by atoms with van der Waals surface area (Å²) in [6, 6.07) is 6.02. The van der Waals surface area contributed by atoms with Gasteiger partial charge in [0.15, 0.2) is 0 Å². The monoisotopic (exact) mass is 291 g/mol. The smallest absolute Gasteiger partial charge is 0.411 e. The van der Waals surface area contributed by atoms with Crippen LogP contribution in [0.15, 0.2) is 24.3 Å². The molecule has 5 heteroatoms. The molecule has 1 aliphatic rings. The van der Waals surface area contributed by atoms with Gasteiger partial charge in [-0.2, -0.15) is 0 Å². The molecule has 2 N–H and O–H groups in total. The quantitative estimate of drug-likeness (QED) is 0.882. The van der Waals surface area contributed by atoms with Crippen LogP contribution in [0.4, 0.5) is 10.5 Å². The van der Waals surface area contributed by atoms with Gasteiger partial charge in [-0.1, -0.05) is 13.3 Å². The maximum Gasteiger partial charge on any atom is 0.411 e. The fourth-order valence-corrected chi connectivity index (χ4v) is 2.78. The van der Waals surface area contributed by atoms with Crippen molar-refractivity contribution in [3.63, 3.8) is 0 Å². The minimum Gasteiger partial charge on any atom is -0.478 e. The molecule has 0 heterocycles. The number of nitrogens with one attached hydrogen (secondary N) is 1. The van der Waals surface area contributed by atoms with E-state index in [1.54, 1.807) is 12.1 Å². The minimum atomic E-state index is -0.989. The first-order valence-corrected chi connectivity index (χ1v) is 7.41. The molecule has 1 aromatic carbocycles. The Hall–Kier alpha value is -2.04. The third-order valence-electron chi connectivity index (χ3n) is 4.00. The van der Waals surface area contributed by atoms with Crippen molar-refractivity contribution in [1.82, 2.24) is 0 Å². The first kappa shape index (κ1) is 15.4. The third-order valence-corrected chi connectivity index (χ3v) is 4.00. The number of carboxylic acid groups (broad SMARTS) is 1. The lowest BCUT2D eigenvalue weighted by Gasteiger charge is -2.30. The van der Waals surface area contributed by atoms with Crippen LogP contribution in [0.25, 0.3) is 0 Å². The number of ether oxygens (including phenoxy) is 1. The SMILES string of the molecule is CCC1CCCCC1OC(=O)Nc1ccc(C(=O)O)cc1. The highest BCUT2D eigenvalue weighted by Gasteiger charge is 2.26. The van der Waals surface area contributed by atoms with Crippen molar-refractivity contribution in [2.75, 3.05) is 5.32 Å². The van der Waals surface area contributed by atoms with Crippen LogP contribution in [0.1, 0.15) is 49.4 Å². The van der Waals surface area contributed by atoms with E-state index in [-0.39, 0.29) is 11.7 Å². The van der Waals surface area contributed by atoms with Crippen molar-refractivity contribution in [3.8, 4) is 0 Å². The Balaban J connectivity index is 1.90.